The molecule has 3 nitrogen and oxygen atoms in total. The summed E-state index contributed by atoms with van der Waals surface area (Å²) < 4.78 is 0. The molecule has 0 spiro atoms. The van der Waals surface area contributed by atoms with E-state index in [1.165, 1.54) is 48.7 Å². The van der Waals surface area contributed by atoms with Crippen LogP contribution in [0.2, 0.25) is 0 Å². The number of benzene rings is 1. The number of carboxylic acid groups (broad SMARTS) is 1. The van der Waals surface area contributed by atoms with Gasteiger partial charge in [-0.05, 0) is 36.8 Å². The zero-order valence-corrected chi connectivity index (χ0v) is 12.6. The molecule has 0 atom stereocenters. The Bertz CT molecular complexity index is 526. The van der Waals surface area contributed by atoms with Crippen LogP contribution in [0.15, 0.2) is 30.3 Å². The van der Waals surface area contributed by atoms with Crippen molar-refractivity contribution in [3.05, 3.63) is 36.0 Å². The maximum Gasteiger partial charge on any atom is 0.303 e. The van der Waals surface area contributed by atoms with Crippen molar-refractivity contribution in [3.8, 4) is 0 Å². The van der Waals surface area contributed by atoms with Gasteiger partial charge in [0.05, 0.1) is 0 Å². The van der Waals surface area contributed by atoms with Crippen molar-refractivity contribution in [1.29, 1.82) is 0 Å². The molecule has 0 aliphatic carbocycles. The third-order valence-electron chi connectivity index (χ3n) is 3.92. The average molecular weight is 287 g/mol. The Labute approximate surface area is 126 Å². The largest absolute Gasteiger partial charge is 0.481 e. The molecule has 0 bridgehead atoms. The van der Waals surface area contributed by atoms with Gasteiger partial charge in [-0.1, -0.05) is 50.3 Å². The fourth-order valence-electron chi connectivity index (χ4n) is 2.74. The van der Waals surface area contributed by atoms with Crippen LogP contribution < -0.4 is 0 Å². The molecular weight excluding hydrogens is 262 g/mol. The lowest BCUT2D eigenvalue weighted by atomic mass is 10.1. The van der Waals surface area contributed by atoms with Gasteiger partial charge in [0, 0.05) is 17.6 Å². The summed E-state index contributed by atoms with van der Waals surface area (Å²) in [6, 6.07) is 10.7. The highest BCUT2D eigenvalue weighted by atomic mass is 16.4. The maximum absolute atomic E-state index is 10.4. The van der Waals surface area contributed by atoms with Crippen molar-refractivity contribution in [1.82, 2.24) is 4.98 Å². The minimum absolute atomic E-state index is 0.320. The van der Waals surface area contributed by atoms with Crippen LogP contribution in [0.4, 0.5) is 0 Å². The van der Waals surface area contributed by atoms with E-state index in [1.807, 2.05) is 0 Å². The zero-order chi connectivity index (χ0) is 14.9. The standard InChI is InChI=1S/C18H25NO2/c20-18(21)13-7-5-3-1-2-4-6-11-16-14-15-10-8-9-12-17(15)19-16/h8-10,12,14,19H,1-7,11,13H2,(H,20,21). The lowest BCUT2D eigenvalue weighted by Crippen LogP contribution is -1.93. The maximum atomic E-state index is 10.4. The van der Waals surface area contributed by atoms with Crippen LogP contribution in [-0.2, 0) is 11.2 Å². The second-order valence-electron chi connectivity index (χ2n) is 5.75. The van der Waals surface area contributed by atoms with E-state index in [2.05, 4.69) is 35.3 Å². The van der Waals surface area contributed by atoms with E-state index in [-0.39, 0.29) is 0 Å². The van der Waals surface area contributed by atoms with Crippen LogP contribution in [0.1, 0.15) is 57.1 Å². The Hall–Kier alpha value is -1.77. The molecule has 2 aromatic rings. The van der Waals surface area contributed by atoms with E-state index in [4.69, 9.17) is 5.11 Å². The Morgan fingerprint density at radius 2 is 1.62 bits per heavy atom. The number of fused-ring (bicyclic) bond motifs is 1. The average Bonchev–Trinajstić information content (AvgIpc) is 2.88. The molecule has 0 saturated carbocycles. The van der Waals surface area contributed by atoms with Gasteiger partial charge in [-0.25, -0.2) is 0 Å². The molecule has 2 rings (SSSR count). The van der Waals surface area contributed by atoms with Crippen LogP contribution in [-0.4, -0.2) is 16.1 Å². The quantitative estimate of drug-likeness (QED) is 0.610. The van der Waals surface area contributed by atoms with Crippen molar-refractivity contribution >= 4 is 16.9 Å². The summed E-state index contributed by atoms with van der Waals surface area (Å²) in [5.41, 5.74) is 2.56. The van der Waals surface area contributed by atoms with E-state index >= 15 is 0 Å². The molecule has 2 N–H and O–H groups in total. The summed E-state index contributed by atoms with van der Waals surface area (Å²) in [6.45, 7) is 0. The molecule has 3 heteroatoms. The predicted octanol–water partition coefficient (Wildman–Crippen LogP) is 4.92. The zero-order valence-electron chi connectivity index (χ0n) is 12.6. The van der Waals surface area contributed by atoms with E-state index < -0.39 is 5.97 Å². The Morgan fingerprint density at radius 1 is 0.952 bits per heavy atom. The van der Waals surface area contributed by atoms with Gasteiger partial charge in [0.1, 0.15) is 0 Å². The third kappa shape index (κ3) is 5.62. The summed E-state index contributed by atoms with van der Waals surface area (Å²) in [6.07, 6.45) is 9.45. The number of H-pyrrole nitrogens is 1. The van der Waals surface area contributed by atoms with Gasteiger partial charge in [-0.2, -0.15) is 0 Å². The van der Waals surface area contributed by atoms with E-state index in [1.54, 1.807) is 0 Å². The predicted molar refractivity (Wildman–Crippen MR) is 86.6 cm³/mol. The molecule has 0 saturated heterocycles. The number of para-hydroxylation sites is 1. The molecule has 0 amide bonds. The Kier molecular flexibility index (Phi) is 6.32. The molecule has 114 valence electrons. The minimum Gasteiger partial charge on any atom is -0.481 e. The molecular formula is C18H25NO2. The van der Waals surface area contributed by atoms with Crippen molar-refractivity contribution in [2.75, 3.05) is 0 Å². The number of rotatable bonds is 10. The van der Waals surface area contributed by atoms with Crippen LogP contribution in [0.5, 0.6) is 0 Å². The third-order valence-corrected chi connectivity index (χ3v) is 3.92. The van der Waals surface area contributed by atoms with E-state index in [0.29, 0.717) is 6.42 Å². The molecule has 1 aromatic heterocycles. The monoisotopic (exact) mass is 287 g/mol. The molecule has 0 unspecified atom stereocenters. The first-order valence-corrected chi connectivity index (χ1v) is 8.04. The van der Waals surface area contributed by atoms with Gasteiger partial charge in [0.15, 0.2) is 0 Å². The van der Waals surface area contributed by atoms with Gasteiger partial charge >= 0.3 is 5.97 Å². The molecule has 0 fully saturated rings. The SMILES string of the molecule is O=C(O)CCCCCCCCCc1cc2ccccc2[nH]1. The normalized spacial score (nSPS) is 11.0. The number of carbonyl (C=O) groups is 1. The topological polar surface area (TPSA) is 53.1 Å². The van der Waals surface area contributed by atoms with Crippen LogP contribution in [0.25, 0.3) is 10.9 Å². The fourth-order valence-corrected chi connectivity index (χ4v) is 2.74. The number of aryl methyl sites for hydroxylation is 1. The summed E-state index contributed by atoms with van der Waals surface area (Å²) in [5.74, 6) is -0.673. The molecule has 0 aliphatic heterocycles. The number of aromatic amines is 1. The van der Waals surface area contributed by atoms with Crippen molar-refractivity contribution < 1.29 is 9.90 Å². The van der Waals surface area contributed by atoms with E-state index in [9.17, 15) is 4.79 Å². The van der Waals surface area contributed by atoms with Gasteiger partial charge < -0.3 is 10.1 Å². The van der Waals surface area contributed by atoms with Gasteiger partial charge in [-0.3, -0.25) is 4.79 Å². The number of hydrogen-bond acceptors (Lipinski definition) is 1. The van der Waals surface area contributed by atoms with Gasteiger partial charge in [0.2, 0.25) is 0 Å². The number of aromatic nitrogens is 1. The minimum atomic E-state index is -0.673. The summed E-state index contributed by atoms with van der Waals surface area (Å²) in [5, 5.41) is 9.84. The fraction of sp³-hybridized carbons (Fsp3) is 0.500. The van der Waals surface area contributed by atoms with Crippen molar-refractivity contribution in [3.63, 3.8) is 0 Å². The lowest BCUT2D eigenvalue weighted by molar-refractivity contribution is -0.137. The van der Waals surface area contributed by atoms with E-state index in [0.717, 1.165) is 19.3 Å². The second kappa shape index (κ2) is 8.50. The van der Waals surface area contributed by atoms with Crippen LogP contribution >= 0.6 is 0 Å². The Morgan fingerprint density at radius 3 is 2.33 bits per heavy atom. The first-order valence-electron chi connectivity index (χ1n) is 8.04. The first kappa shape index (κ1) is 15.6. The highest BCUT2D eigenvalue weighted by Gasteiger charge is 2.00. The summed E-state index contributed by atoms with van der Waals surface area (Å²) in [7, 11) is 0. The molecule has 1 heterocycles. The van der Waals surface area contributed by atoms with Crippen LogP contribution in [0.3, 0.4) is 0 Å². The Balaban J connectivity index is 1.53. The lowest BCUT2D eigenvalue weighted by Gasteiger charge is -2.01. The number of nitrogens with one attached hydrogen (secondary N) is 1. The summed E-state index contributed by atoms with van der Waals surface area (Å²) in [4.78, 5) is 13.8. The highest BCUT2D eigenvalue weighted by Crippen LogP contribution is 2.17. The number of aliphatic carboxylic acids is 1. The van der Waals surface area contributed by atoms with Gasteiger partial charge in [0.25, 0.3) is 0 Å². The second-order valence-corrected chi connectivity index (χ2v) is 5.75. The molecule has 21 heavy (non-hydrogen) atoms. The van der Waals surface area contributed by atoms with Crippen molar-refractivity contribution in [2.24, 2.45) is 0 Å². The molecule has 0 radical (unpaired) electrons. The summed E-state index contributed by atoms with van der Waals surface area (Å²) >= 11 is 0. The number of unbranched alkanes of at least 4 members (excludes halogenated alkanes) is 6. The van der Waals surface area contributed by atoms with Crippen molar-refractivity contribution in [2.45, 2.75) is 57.8 Å². The van der Waals surface area contributed by atoms with Crippen LogP contribution in [0, 0.1) is 0 Å². The molecule has 1 aromatic carbocycles. The number of carboxylic acids is 1. The van der Waals surface area contributed by atoms with Gasteiger partial charge in [-0.15, -0.1) is 0 Å². The smallest absolute Gasteiger partial charge is 0.303 e. The molecule has 0 aliphatic rings. The highest BCUT2D eigenvalue weighted by molar-refractivity contribution is 5.80. The number of hydrogen-bond donors (Lipinski definition) is 2. The first-order chi connectivity index (χ1) is 10.3.